The van der Waals surface area contributed by atoms with Crippen LogP contribution in [0.4, 0.5) is 0 Å². The van der Waals surface area contributed by atoms with Crippen LogP contribution in [0.3, 0.4) is 0 Å². The average molecular weight is 242 g/mol. The van der Waals surface area contributed by atoms with Gasteiger partial charge in [0.25, 0.3) is 0 Å². The van der Waals surface area contributed by atoms with Crippen molar-refractivity contribution in [2.75, 3.05) is 0 Å². The molecular weight excluding hydrogens is 234 g/mol. The Bertz CT molecular complexity index is 400. The second-order valence-electron chi connectivity index (χ2n) is 2.64. The standard InChI is InChI=1S/C10H8ClNS2/c11-6-9-7-12-10(14-9)13-8-4-2-1-3-5-8/h1-5,7H,6H2. The van der Waals surface area contributed by atoms with E-state index in [1.165, 1.54) is 4.90 Å². The molecule has 0 unspecified atom stereocenters. The first-order chi connectivity index (χ1) is 6.88. The Kier molecular flexibility index (Phi) is 3.45. The second kappa shape index (κ2) is 4.82. The molecule has 0 bridgehead atoms. The van der Waals surface area contributed by atoms with Crippen molar-refractivity contribution in [2.24, 2.45) is 0 Å². The average Bonchev–Trinajstić information content (AvgIpc) is 2.67. The number of thiazole rings is 1. The van der Waals surface area contributed by atoms with Gasteiger partial charge >= 0.3 is 0 Å². The van der Waals surface area contributed by atoms with E-state index in [1.807, 2.05) is 24.4 Å². The molecule has 0 N–H and O–H groups in total. The first-order valence-electron chi connectivity index (χ1n) is 4.12. The highest BCUT2D eigenvalue weighted by Crippen LogP contribution is 2.31. The zero-order chi connectivity index (χ0) is 9.80. The summed E-state index contributed by atoms with van der Waals surface area (Å²) in [5, 5.41) is 0. The molecule has 72 valence electrons. The summed E-state index contributed by atoms with van der Waals surface area (Å²) in [6.45, 7) is 0. The van der Waals surface area contributed by atoms with Crippen LogP contribution in [0, 0.1) is 0 Å². The maximum atomic E-state index is 5.70. The van der Waals surface area contributed by atoms with E-state index in [0.717, 1.165) is 9.22 Å². The van der Waals surface area contributed by atoms with Gasteiger partial charge in [-0.05, 0) is 12.1 Å². The lowest BCUT2D eigenvalue weighted by Crippen LogP contribution is -1.68. The van der Waals surface area contributed by atoms with Gasteiger partial charge in [0, 0.05) is 16.0 Å². The van der Waals surface area contributed by atoms with Gasteiger partial charge in [0.05, 0.1) is 5.88 Å². The Labute approximate surface area is 96.1 Å². The Morgan fingerprint density at radius 3 is 2.71 bits per heavy atom. The van der Waals surface area contributed by atoms with Gasteiger partial charge in [0.2, 0.25) is 0 Å². The van der Waals surface area contributed by atoms with Crippen LogP contribution in [0.15, 0.2) is 45.8 Å². The normalized spacial score (nSPS) is 10.4. The lowest BCUT2D eigenvalue weighted by Gasteiger charge is -1.94. The summed E-state index contributed by atoms with van der Waals surface area (Å²) in [6, 6.07) is 10.2. The molecule has 1 nitrogen and oxygen atoms in total. The maximum absolute atomic E-state index is 5.70. The third kappa shape index (κ3) is 2.50. The van der Waals surface area contributed by atoms with Crippen LogP contribution in [0.5, 0.6) is 0 Å². The SMILES string of the molecule is ClCc1cnc(Sc2ccccc2)s1. The van der Waals surface area contributed by atoms with Crippen molar-refractivity contribution in [3.8, 4) is 0 Å². The molecule has 0 atom stereocenters. The second-order valence-corrected chi connectivity index (χ2v) is 5.34. The predicted octanol–water partition coefficient (Wildman–Crippen LogP) is 4.03. The van der Waals surface area contributed by atoms with E-state index in [2.05, 4.69) is 17.1 Å². The summed E-state index contributed by atoms with van der Waals surface area (Å²) in [5.41, 5.74) is 0. The van der Waals surface area contributed by atoms with Gasteiger partial charge in [-0.3, -0.25) is 0 Å². The summed E-state index contributed by atoms with van der Waals surface area (Å²) in [5.74, 6) is 0.549. The van der Waals surface area contributed by atoms with Crippen molar-refractivity contribution >= 4 is 34.7 Å². The van der Waals surface area contributed by atoms with Crippen LogP contribution in [0.1, 0.15) is 4.88 Å². The summed E-state index contributed by atoms with van der Waals surface area (Å²) < 4.78 is 1.05. The number of nitrogens with zero attached hydrogens (tertiary/aromatic N) is 1. The van der Waals surface area contributed by atoms with Gasteiger partial charge in [-0.2, -0.15) is 0 Å². The number of alkyl halides is 1. The van der Waals surface area contributed by atoms with Gasteiger partial charge in [-0.15, -0.1) is 22.9 Å². The summed E-state index contributed by atoms with van der Waals surface area (Å²) in [7, 11) is 0. The molecule has 0 radical (unpaired) electrons. The van der Waals surface area contributed by atoms with E-state index in [1.54, 1.807) is 23.1 Å². The van der Waals surface area contributed by atoms with Crippen LogP contribution >= 0.6 is 34.7 Å². The smallest absolute Gasteiger partial charge is 0.154 e. The van der Waals surface area contributed by atoms with Crippen LogP contribution in [0.2, 0.25) is 0 Å². The minimum Gasteiger partial charge on any atom is -0.237 e. The quantitative estimate of drug-likeness (QED) is 0.753. The van der Waals surface area contributed by atoms with Crippen LogP contribution in [-0.2, 0) is 5.88 Å². The van der Waals surface area contributed by atoms with E-state index in [-0.39, 0.29) is 0 Å². The molecule has 2 aromatic rings. The van der Waals surface area contributed by atoms with Crippen LogP contribution in [0.25, 0.3) is 0 Å². The maximum Gasteiger partial charge on any atom is 0.154 e. The highest BCUT2D eigenvalue weighted by Gasteiger charge is 2.02. The monoisotopic (exact) mass is 241 g/mol. The number of hydrogen-bond donors (Lipinski definition) is 0. The molecule has 0 spiro atoms. The van der Waals surface area contributed by atoms with Gasteiger partial charge in [0.1, 0.15) is 0 Å². The van der Waals surface area contributed by atoms with Gasteiger partial charge in [-0.1, -0.05) is 30.0 Å². The molecule has 0 aliphatic carbocycles. The first kappa shape index (κ1) is 10.0. The minimum atomic E-state index is 0.549. The molecule has 0 aliphatic rings. The molecule has 1 aromatic carbocycles. The largest absolute Gasteiger partial charge is 0.237 e. The number of hydrogen-bond acceptors (Lipinski definition) is 3. The Hall–Kier alpha value is -0.510. The zero-order valence-electron chi connectivity index (χ0n) is 7.31. The lowest BCUT2D eigenvalue weighted by molar-refractivity contribution is 1.23. The molecule has 2 rings (SSSR count). The summed E-state index contributed by atoms with van der Waals surface area (Å²) in [4.78, 5) is 6.61. The molecule has 0 saturated heterocycles. The van der Waals surface area contributed by atoms with Crippen molar-refractivity contribution < 1.29 is 0 Å². The fourth-order valence-corrected chi connectivity index (χ4v) is 3.09. The van der Waals surface area contributed by atoms with Crippen molar-refractivity contribution in [2.45, 2.75) is 15.1 Å². The highest BCUT2D eigenvalue weighted by molar-refractivity contribution is 8.01. The van der Waals surface area contributed by atoms with Crippen molar-refractivity contribution in [3.05, 3.63) is 41.4 Å². The molecule has 1 heterocycles. The third-order valence-corrected chi connectivity index (χ3v) is 4.14. The van der Waals surface area contributed by atoms with E-state index in [0.29, 0.717) is 5.88 Å². The molecule has 14 heavy (non-hydrogen) atoms. The van der Waals surface area contributed by atoms with Gasteiger partial charge in [-0.25, -0.2) is 4.98 Å². The molecule has 0 aliphatic heterocycles. The molecule has 4 heteroatoms. The zero-order valence-corrected chi connectivity index (χ0v) is 9.70. The third-order valence-electron chi connectivity index (χ3n) is 1.61. The van der Waals surface area contributed by atoms with E-state index < -0.39 is 0 Å². The summed E-state index contributed by atoms with van der Waals surface area (Å²) >= 11 is 9.02. The van der Waals surface area contributed by atoms with E-state index >= 15 is 0 Å². The van der Waals surface area contributed by atoms with Crippen molar-refractivity contribution in [1.82, 2.24) is 4.98 Å². The van der Waals surface area contributed by atoms with Crippen molar-refractivity contribution in [1.29, 1.82) is 0 Å². The molecular formula is C10H8ClNS2. The summed E-state index contributed by atoms with van der Waals surface area (Å²) in [6.07, 6.45) is 1.84. The van der Waals surface area contributed by atoms with E-state index in [4.69, 9.17) is 11.6 Å². The fraction of sp³-hybridized carbons (Fsp3) is 0.100. The predicted molar refractivity (Wildman–Crippen MR) is 62.2 cm³/mol. The Morgan fingerprint density at radius 2 is 2.07 bits per heavy atom. The molecule has 0 amide bonds. The number of benzene rings is 1. The first-order valence-corrected chi connectivity index (χ1v) is 6.29. The van der Waals surface area contributed by atoms with Gasteiger partial charge < -0.3 is 0 Å². The number of aromatic nitrogens is 1. The van der Waals surface area contributed by atoms with Gasteiger partial charge in [0.15, 0.2) is 4.34 Å². The van der Waals surface area contributed by atoms with Crippen molar-refractivity contribution in [3.63, 3.8) is 0 Å². The molecule has 0 saturated carbocycles. The van der Waals surface area contributed by atoms with Crippen LogP contribution < -0.4 is 0 Å². The Balaban J connectivity index is 2.11. The number of halogens is 1. The highest BCUT2D eigenvalue weighted by atomic mass is 35.5. The van der Waals surface area contributed by atoms with Crippen LogP contribution in [-0.4, -0.2) is 4.98 Å². The van der Waals surface area contributed by atoms with E-state index in [9.17, 15) is 0 Å². The fourth-order valence-electron chi connectivity index (χ4n) is 0.988. The number of rotatable bonds is 3. The topological polar surface area (TPSA) is 12.9 Å². The minimum absolute atomic E-state index is 0.549. The molecule has 0 fully saturated rings. The lowest BCUT2D eigenvalue weighted by atomic mass is 10.4. The molecule has 1 aromatic heterocycles. The Morgan fingerprint density at radius 1 is 1.29 bits per heavy atom.